The average Bonchev–Trinajstić information content (AvgIpc) is 3.10. The van der Waals surface area contributed by atoms with Gasteiger partial charge >= 0.3 is 6.03 Å². The molecule has 1 aliphatic heterocycles. The number of amides is 2. The molecule has 0 saturated carbocycles. The molecule has 5 heteroatoms. The molecule has 0 fully saturated rings. The van der Waals surface area contributed by atoms with Crippen molar-refractivity contribution in [3.63, 3.8) is 0 Å². The fourth-order valence-corrected chi connectivity index (χ4v) is 4.25. The zero-order valence-electron chi connectivity index (χ0n) is 14.4. The predicted octanol–water partition coefficient (Wildman–Crippen LogP) is 3.90. The van der Waals surface area contributed by atoms with E-state index in [4.69, 9.17) is 0 Å². The fourth-order valence-electron chi connectivity index (χ4n) is 3.32. The molecule has 0 saturated heterocycles. The quantitative estimate of drug-likeness (QED) is 0.893. The molecule has 1 aromatic carbocycles. The summed E-state index contributed by atoms with van der Waals surface area (Å²) in [6.07, 6.45) is 1.93. The molecule has 1 unspecified atom stereocenters. The molecule has 2 amide bonds. The Morgan fingerprint density at radius 3 is 2.88 bits per heavy atom. The monoisotopic (exact) mass is 343 g/mol. The molecule has 2 aromatic rings. The maximum atomic E-state index is 12.6. The van der Waals surface area contributed by atoms with Gasteiger partial charge in [-0.3, -0.25) is 0 Å². The minimum Gasteiger partial charge on any atom is -0.373 e. The molecule has 2 heterocycles. The van der Waals surface area contributed by atoms with Crippen LogP contribution >= 0.6 is 11.3 Å². The van der Waals surface area contributed by atoms with Crippen LogP contribution in [0, 0.1) is 0 Å². The lowest BCUT2D eigenvalue weighted by Crippen LogP contribution is -2.46. The highest BCUT2D eigenvalue weighted by Gasteiger charge is 2.30. The van der Waals surface area contributed by atoms with Gasteiger partial charge in [-0.1, -0.05) is 25.1 Å². The number of anilines is 1. The van der Waals surface area contributed by atoms with E-state index in [9.17, 15) is 4.79 Å². The summed E-state index contributed by atoms with van der Waals surface area (Å²) in [5.74, 6) is 0. The number of fused-ring (bicyclic) bond motifs is 1. The van der Waals surface area contributed by atoms with Gasteiger partial charge < -0.3 is 15.1 Å². The second-order valence-corrected chi connectivity index (χ2v) is 7.16. The Labute approximate surface area is 148 Å². The molecular weight excluding hydrogens is 318 g/mol. The number of urea groups is 1. The van der Waals surface area contributed by atoms with Crippen LogP contribution in [0.3, 0.4) is 0 Å². The highest BCUT2D eigenvalue weighted by molar-refractivity contribution is 7.10. The fraction of sp³-hybridized carbons (Fsp3) is 0.421. The van der Waals surface area contributed by atoms with Crippen molar-refractivity contribution in [1.29, 1.82) is 0 Å². The Kier molecular flexibility index (Phi) is 5.41. The Hall–Kier alpha value is -2.01. The molecule has 0 bridgehead atoms. The molecule has 0 spiro atoms. The SMILES string of the molecule is CCC1c2ccsc2CCN1C(=O)NCCN(C)c1ccccc1. The van der Waals surface area contributed by atoms with Crippen LogP contribution in [-0.4, -0.2) is 37.6 Å². The van der Waals surface area contributed by atoms with E-state index < -0.39 is 0 Å². The van der Waals surface area contributed by atoms with Crippen molar-refractivity contribution in [3.8, 4) is 0 Å². The number of benzene rings is 1. The van der Waals surface area contributed by atoms with E-state index in [1.165, 1.54) is 16.1 Å². The maximum Gasteiger partial charge on any atom is 0.317 e. The predicted molar refractivity (Wildman–Crippen MR) is 101 cm³/mol. The zero-order valence-corrected chi connectivity index (χ0v) is 15.2. The number of likely N-dealkylation sites (N-methyl/N-ethyl adjacent to an activating group) is 1. The lowest BCUT2D eigenvalue weighted by molar-refractivity contribution is 0.168. The summed E-state index contributed by atoms with van der Waals surface area (Å²) >= 11 is 1.81. The Bertz CT molecular complexity index is 670. The third kappa shape index (κ3) is 3.56. The minimum absolute atomic E-state index is 0.0557. The van der Waals surface area contributed by atoms with E-state index >= 15 is 0 Å². The topological polar surface area (TPSA) is 35.6 Å². The van der Waals surface area contributed by atoms with Crippen LogP contribution in [0.15, 0.2) is 41.8 Å². The number of carbonyl (C=O) groups is 1. The van der Waals surface area contributed by atoms with E-state index in [-0.39, 0.29) is 12.1 Å². The van der Waals surface area contributed by atoms with Gasteiger partial charge in [0, 0.05) is 37.2 Å². The van der Waals surface area contributed by atoms with E-state index in [1.807, 2.05) is 34.4 Å². The number of hydrogen-bond donors (Lipinski definition) is 1. The number of nitrogens with one attached hydrogen (secondary N) is 1. The second kappa shape index (κ2) is 7.71. The standard InChI is InChI=1S/C19H25N3OS/c1-3-17-16-10-14-24-18(16)9-12-22(17)19(23)20-11-13-21(2)15-7-5-4-6-8-15/h4-8,10,14,17H,3,9,11-13H2,1-2H3,(H,20,23). The van der Waals surface area contributed by atoms with Crippen LogP contribution in [0.2, 0.25) is 0 Å². The van der Waals surface area contributed by atoms with E-state index in [0.29, 0.717) is 6.54 Å². The highest BCUT2D eigenvalue weighted by atomic mass is 32.1. The van der Waals surface area contributed by atoms with E-state index in [1.54, 1.807) is 0 Å². The van der Waals surface area contributed by atoms with Crippen molar-refractivity contribution in [2.75, 3.05) is 31.6 Å². The first kappa shape index (κ1) is 16.8. The second-order valence-electron chi connectivity index (χ2n) is 6.16. The molecule has 1 atom stereocenters. The molecular formula is C19H25N3OS. The van der Waals surface area contributed by atoms with Crippen LogP contribution < -0.4 is 10.2 Å². The van der Waals surface area contributed by atoms with Crippen molar-refractivity contribution < 1.29 is 4.79 Å². The zero-order chi connectivity index (χ0) is 16.9. The van der Waals surface area contributed by atoms with Crippen LogP contribution in [0.25, 0.3) is 0 Å². The van der Waals surface area contributed by atoms with Crippen molar-refractivity contribution in [1.82, 2.24) is 10.2 Å². The van der Waals surface area contributed by atoms with Gasteiger partial charge in [-0.05, 0) is 42.0 Å². The van der Waals surface area contributed by atoms with Crippen LogP contribution in [0.1, 0.15) is 29.8 Å². The van der Waals surface area contributed by atoms with Gasteiger partial charge in [-0.15, -0.1) is 11.3 Å². The highest BCUT2D eigenvalue weighted by Crippen LogP contribution is 2.35. The van der Waals surface area contributed by atoms with Crippen LogP contribution in [0.5, 0.6) is 0 Å². The molecule has 1 aromatic heterocycles. The molecule has 0 radical (unpaired) electrons. The molecule has 128 valence electrons. The first-order chi connectivity index (χ1) is 11.7. The van der Waals surface area contributed by atoms with Gasteiger partial charge in [0.2, 0.25) is 0 Å². The van der Waals surface area contributed by atoms with Crippen LogP contribution in [-0.2, 0) is 6.42 Å². The normalized spacial score (nSPS) is 16.6. The smallest absolute Gasteiger partial charge is 0.317 e. The first-order valence-corrected chi connectivity index (χ1v) is 9.45. The number of nitrogens with zero attached hydrogens (tertiary/aromatic N) is 2. The summed E-state index contributed by atoms with van der Waals surface area (Å²) in [7, 11) is 2.05. The maximum absolute atomic E-state index is 12.6. The summed E-state index contributed by atoms with van der Waals surface area (Å²) in [4.78, 5) is 18.2. The number of rotatable bonds is 5. The van der Waals surface area contributed by atoms with Gasteiger partial charge in [0.1, 0.15) is 0 Å². The largest absolute Gasteiger partial charge is 0.373 e. The average molecular weight is 343 g/mol. The van der Waals surface area contributed by atoms with Crippen LogP contribution in [0.4, 0.5) is 10.5 Å². The molecule has 1 N–H and O–H groups in total. The molecule has 1 aliphatic rings. The Morgan fingerprint density at radius 1 is 1.33 bits per heavy atom. The Balaban J connectivity index is 1.54. The third-order valence-electron chi connectivity index (χ3n) is 4.66. The van der Waals surface area contributed by atoms with Crippen molar-refractivity contribution in [2.45, 2.75) is 25.8 Å². The minimum atomic E-state index is 0.0557. The lowest BCUT2D eigenvalue weighted by Gasteiger charge is -2.35. The lowest BCUT2D eigenvalue weighted by atomic mass is 9.98. The molecule has 0 aliphatic carbocycles. The van der Waals surface area contributed by atoms with Gasteiger partial charge in [0.25, 0.3) is 0 Å². The van der Waals surface area contributed by atoms with Crippen molar-refractivity contribution in [3.05, 3.63) is 52.2 Å². The summed E-state index contributed by atoms with van der Waals surface area (Å²) in [5.41, 5.74) is 2.50. The number of thiophene rings is 1. The first-order valence-electron chi connectivity index (χ1n) is 8.57. The Morgan fingerprint density at radius 2 is 2.12 bits per heavy atom. The van der Waals surface area contributed by atoms with Gasteiger partial charge in [0.15, 0.2) is 0 Å². The van der Waals surface area contributed by atoms with E-state index in [2.05, 4.69) is 47.8 Å². The van der Waals surface area contributed by atoms with Crippen molar-refractivity contribution >= 4 is 23.1 Å². The molecule has 4 nitrogen and oxygen atoms in total. The summed E-state index contributed by atoms with van der Waals surface area (Å²) in [6.45, 7) is 4.41. The molecule has 3 rings (SSSR count). The number of para-hydroxylation sites is 1. The molecule has 24 heavy (non-hydrogen) atoms. The van der Waals surface area contributed by atoms with Gasteiger partial charge in [-0.25, -0.2) is 4.79 Å². The summed E-state index contributed by atoms with van der Waals surface area (Å²) in [5, 5.41) is 5.23. The third-order valence-corrected chi connectivity index (χ3v) is 5.66. The van der Waals surface area contributed by atoms with Crippen molar-refractivity contribution in [2.24, 2.45) is 0 Å². The number of carbonyl (C=O) groups excluding carboxylic acids is 1. The summed E-state index contributed by atoms with van der Waals surface area (Å²) in [6, 6.07) is 12.7. The number of hydrogen-bond acceptors (Lipinski definition) is 3. The van der Waals surface area contributed by atoms with E-state index in [0.717, 1.165) is 25.9 Å². The van der Waals surface area contributed by atoms with Gasteiger partial charge in [-0.2, -0.15) is 0 Å². The summed E-state index contributed by atoms with van der Waals surface area (Å²) < 4.78 is 0. The van der Waals surface area contributed by atoms with Gasteiger partial charge in [0.05, 0.1) is 6.04 Å².